The fourth-order valence-electron chi connectivity index (χ4n) is 3.61. The Morgan fingerprint density at radius 1 is 0.846 bits per heavy atom. The van der Waals surface area contributed by atoms with Crippen molar-refractivity contribution in [1.29, 1.82) is 0 Å². The van der Waals surface area contributed by atoms with Gasteiger partial charge in [-0.05, 0) is 36.4 Å². The van der Waals surface area contributed by atoms with E-state index in [9.17, 15) is 0 Å². The Bertz CT molecular complexity index is 1070. The van der Waals surface area contributed by atoms with E-state index >= 15 is 0 Å². The number of benzene rings is 2. The molecule has 0 bridgehead atoms. The van der Waals surface area contributed by atoms with E-state index in [0.29, 0.717) is 0 Å². The van der Waals surface area contributed by atoms with Gasteiger partial charge >= 0.3 is 0 Å². The molecule has 128 valence electrons. The second-order valence-corrected chi connectivity index (χ2v) is 6.56. The summed E-state index contributed by atoms with van der Waals surface area (Å²) in [5.74, 6) is 0. The molecule has 26 heavy (non-hydrogen) atoms. The minimum atomic E-state index is 0.760. The molecule has 4 nitrogen and oxygen atoms in total. The van der Waals surface area contributed by atoms with E-state index in [4.69, 9.17) is 9.72 Å². The predicted molar refractivity (Wildman–Crippen MR) is 106 cm³/mol. The molecule has 1 aliphatic rings. The first-order chi connectivity index (χ1) is 12.9. The van der Waals surface area contributed by atoms with E-state index < -0.39 is 0 Å². The minimum absolute atomic E-state index is 0.760. The van der Waals surface area contributed by atoms with Crippen LogP contribution in [0.1, 0.15) is 0 Å². The van der Waals surface area contributed by atoms with Gasteiger partial charge in [-0.1, -0.05) is 24.3 Å². The third-order valence-corrected chi connectivity index (χ3v) is 4.93. The number of morpholine rings is 1. The number of rotatable bonds is 2. The van der Waals surface area contributed by atoms with Crippen LogP contribution in [-0.2, 0) is 4.74 Å². The van der Waals surface area contributed by atoms with Gasteiger partial charge in [-0.15, -0.1) is 0 Å². The number of anilines is 1. The molecule has 2 aromatic carbocycles. The summed E-state index contributed by atoms with van der Waals surface area (Å²) in [7, 11) is 0. The monoisotopic (exact) mass is 341 g/mol. The summed E-state index contributed by atoms with van der Waals surface area (Å²) in [6.45, 7) is 3.31. The Hall–Kier alpha value is -2.98. The fraction of sp³-hybridized carbons (Fsp3) is 0.182. The van der Waals surface area contributed by atoms with Crippen molar-refractivity contribution < 1.29 is 4.74 Å². The summed E-state index contributed by atoms with van der Waals surface area (Å²) in [5.41, 5.74) is 5.31. The highest BCUT2D eigenvalue weighted by Gasteiger charge is 2.17. The number of para-hydroxylation sites is 1. The third kappa shape index (κ3) is 2.68. The number of ether oxygens (including phenoxy) is 1. The zero-order valence-electron chi connectivity index (χ0n) is 14.4. The molecule has 0 atom stereocenters. The molecule has 3 heterocycles. The van der Waals surface area contributed by atoms with Crippen molar-refractivity contribution in [3.8, 4) is 11.3 Å². The van der Waals surface area contributed by atoms with Crippen LogP contribution < -0.4 is 4.90 Å². The topological polar surface area (TPSA) is 38.2 Å². The van der Waals surface area contributed by atoms with Crippen molar-refractivity contribution in [3.63, 3.8) is 0 Å². The van der Waals surface area contributed by atoms with Crippen molar-refractivity contribution in [2.75, 3.05) is 31.2 Å². The van der Waals surface area contributed by atoms with Gasteiger partial charge in [-0.25, -0.2) is 4.98 Å². The first-order valence-corrected chi connectivity index (χ1v) is 8.96. The van der Waals surface area contributed by atoms with E-state index in [-0.39, 0.29) is 0 Å². The van der Waals surface area contributed by atoms with Gasteiger partial charge in [-0.2, -0.15) is 0 Å². The van der Waals surface area contributed by atoms with Crippen LogP contribution >= 0.6 is 0 Å². The van der Waals surface area contributed by atoms with E-state index in [1.54, 1.807) is 0 Å². The summed E-state index contributed by atoms with van der Waals surface area (Å²) in [5, 5.41) is 2.35. The van der Waals surface area contributed by atoms with Crippen molar-refractivity contribution in [2.24, 2.45) is 0 Å². The predicted octanol–water partition coefficient (Wildman–Crippen LogP) is 4.29. The molecule has 0 unspecified atom stereocenters. The molecule has 0 radical (unpaired) electrons. The van der Waals surface area contributed by atoms with Crippen molar-refractivity contribution in [2.45, 2.75) is 0 Å². The highest BCUT2D eigenvalue weighted by Crippen LogP contribution is 2.34. The lowest BCUT2D eigenvalue weighted by Crippen LogP contribution is -2.36. The Labute approximate surface area is 152 Å². The molecule has 5 rings (SSSR count). The molecule has 1 fully saturated rings. The smallest absolute Gasteiger partial charge is 0.0737 e. The van der Waals surface area contributed by atoms with Gasteiger partial charge in [0.15, 0.2) is 0 Å². The Kier molecular flexibility index (Phi) is 3.76. The van der Waals surface area contributed by atoms with Gasteiger partial charge < -0.3 is 9.64 Å². The maximum Gasteiger partial charge on any atom is 0.0737 e. The summed E-state index contributed by atoms with van der Waals surface area (Å²) >= 11 is 0. The average molecular weight is 341 g/mol. The molecule has 1 saturated heterocycles. The maximum atomic E-state index is 5.55. The second kappa shape index (κ2) is 6.39. The lowest BCUT2D eigenvalue weighted by Gasteiger charge is -2.30. The lowest BCUT2D eigenvalue weighted by atomic mass is 10.0. The molecule has 1 aliphatic heterocycles. The van der Waals surface area contributed by atoms with Crippen molar-refractivity contribution >= 4 is 27.5 Å². The Morgan fingerprint density at radius 3 is 2.54 bits per heavy atom. The van der Waals surface area contributed by atoms with Crippen LogP contribution in [0.2, 0.25) is 0 Å². The van der Waals surface area contributed by atoms with Crippen LogP contribution in [0.15, 0.2) is 66.9 Å². The summed E-state index contributed by atoms with van der Waals surface area (Å²) in [6.07, 6.45) is 1.84. The molecule has 2 aromatic heterocycles. The van der Waals surface area contributed by atoms with Gasteiger partial charge in [-0.3, -0.25) is 4.98 Å². The molecule has 0 saturated carbocycles. The molecule has 4 aromatic rings. The van der Waals surface area contributed by atoms with Gasteiger partial charge in [0.2, 0.25) is 0 Å². The number of hydrogen-bond donors (Lipinski definition) is 0. The molecular weight excluding hydrogens is 322 g/mol. The second-order valence-electron chi connectivity index (χ2n) is 6.56. The first-order valence-electron chi connectivity index (χ1n) is 8.96. The molecule has 0 amide bonds. The number of aromatic nitrogens is 2. The number of fused-ring (bicyclic) bond motifs is 2. The van der Waals surface area contributed by atoms with Crippen LogP contribution in [-0.4, -0.2) is 36.3 Å². The van der Waals surface area contributed by atoms with Crippen molar-refractivity contribution in [1.82, 2.24) is 9.97 Å². The zero-order valence-corrected chi connectivity index (χ0v) is 14.4. The van der Waals surface area contributed by atoms with Crippen LogP contribution in [0, 0.1) is 0 Å². The standard InChI is InChI=1S/C22H19N3O/c1-2-7-20-16(5-1)13-18-21(24-20)14-17(19-6-3-4-8-23-19)15-22(18)25-9-11-26-12-10-25/h1-8,13-15H,9-12H2. The maximum absolute atomic E-state index is 5.55. The third-order valence-electron chi connectivity index (χ3n) is 4.93. The Balaban J connectivity index is 1.78. The average Bonchev–Trinajstić information content (AvgIpc) is 2.73. The SMILES string of the molecule is c1ccc(-c2cc(N3CCOCC3)c3cc4ccccc4nc3c2)nc1. The van der Waals surface area contributed by atoms with E-state index in [1.165, 1.54) is 16.5 Å². The van der Waals surface area contributed by atoms with Gasteiger partial charge in [0.05, 0.1) is 29.9 Å². The normalized spacial score (nSPS) is 14.8. The van der Waals surface area contributed by atoms with E-state index in [2.05, 4.69) is 46.3 Å². The molecule has 0 aliphatic carbocycles. The molecule has 0 N–H and O–H groups in total. The lowest BCUT2D eigenvalue weighted by molar-refractivity contribution is 0.123. The molecule has 0 spiro atoms. The largest absolute Gasteiger partial charge is 0.378 e. The summed E-state index contributed by atoms with van der Waals surface area (Å²) in [4.78, 5) is 11.9. The number of nitrogens with zero attached hydrogens (tertiary/aromatic N) is 3. The van der Waals surface area contributed by atoms with E-state index in [0.717, 1.165) is 48.6 Å². The van der Waals surface area contributed by atoms with Crippen LogP contribution in [0.4, 0.5) is 5.69 Å². The zero-order chi connectivity index (χ0) is 17.3. The number of hydrogen-bond acceptors (Lipinski definition) is 4. The van der Waals surface area contributed by atoms with Gasteiger partial charge in [0.25, 0.3) is 0 Å². The first kappa shape index (κ1) is 15.3. The number of pyridine rings is 2. The van der Waals surface area contributed by atoms with Crippen LogP contribution in [0.5, 0.6) is 0 Å². The van der Waals surface area contributed by atoms with E-state index in [1.807, 2.05) is 30.5 Å². The fourth-order valence-corrected chi connectivity index (χ4v) is 3.61. The molecule has 4 heteroatoms. The highest BCUT2D eigenvalue weighted by atomic mass is 16.5. The minimum Gasteiger partial charge on any atom is -0.378 e. The molecular formula is C22H19N3O. The van der Waals surface area contributed by atoms with Crippen LogP contribution in [0.3, 0.4) is 0 Å². The summed E-state index contributed by atoms with van der Waals surface area (Å²) in [6, 6.07) is 20.9. The highest BCUT2D eigenvalue weighted by molar-refractivity contribution is 6.02. The van der Waals surface area contributed by atoms with Crippen LogP contribution in [0.25, 0.3) is 33.1 Å². The van der Waals surface area contributed by atoms with Gasteiger partial charge in [0, 0.05) is 41.3 Å². The quantitative estimate of drug-likeness (QED) is 0.510. The summed E-state index contributed by atoms with van der Waals surface area (Å²) < 4.78 is 5.55. The Morgan fingerprint density at radius 2 is 1.69 bits per heavy atom. The van der Waals surface area contributed by atoms with Crippen molar-refractivity contribution in [3.05, 3.63) is 66.9 Å². The van der Waals surface area contributed by atoms with Gasteiger partial charge in [0.1, 0.15) is 0 Å².